The van der Waals surface area contributed by atoms with E-state index in [1.807, 2.05) is 42.5 Å². The van der Waals surface area contributed by atoms with Crippen LogP contribution in [0.3, 0.4) is 0 Å². The summed E-state index contributed by atoms with van der Waals surface area (Å²) < 4.78 is 6.36. The molecule has 3 aromatic carbocycles. The van der Waals surface area contributed by atoms with Crippen LogP contribution in [0, 0.1) is 5.92 Å². The zero-order valence-corrected chi connectivity index (χ0v) is 20.2. The Morgan fingerprint density at radius 2 is 1.78 bits per heavy atom. The molecule has 166 valence electrons. The molecule has 3 aromatic rings. The average molecular weight is 514 g/mol. The second-order valence-electron chi connectivity index (χ2n) is 7.62. The Morgan fingerprint density at radius 3 is 2.53 bits per heavy atom. The molecule has 3 N–H and O–H groups in total. The van der Waals surface area contributed by atoms with E-state index >= 15 is 0 Å². The predicted molar refractivity (Wildman–Crippen MR) is 133 cm³/mol. The van der Waals surface area contributed by atoms with E-state index in [-0.39, 0.29) is 17.4 Å². The Kier molecular flexibility index (Phi) is 8.19. The first-order valence-electron chi connectivity index (χ1n) is 10.1. The normalized spacial score (nSPS) is 10.6. The highest BCUT2D eigenvalue weighted by molar-refractivity contribution is 9.10. The Hall–Kier alpha value is -2.97. The van der Waals surface area contributed by atoms with E-state index < -0.39 is 5.91 Å². The van der Waals surface area contributed by atoms with Gasteiger partial charge in [-0.3, -0.25) is 25.8 Å². The fourth-order valence-corrected chi connectivity index (χ4v) is 3.65. The minimum atomic E-state index is -0.401. The Morgan fingerprint density at radius 1 is 1.03 bits per heavy atom. The van der Waals surface area contributed by atoms with E-state index in [4.69, 9.17) is 17.0 Å². The van der Waals surface area contributed by atoms with Crippen molar-refractivity contribution >= 4 is 55.8 Å². The van der Waals surface area contributed by atoms with Gasteiger partial charge in [0.1, 0.15) is 5.75 Å². The summed E-state index contributed by atoms with van der Waals surface area (Å²) in [5.74, 6) is 0.384. The quantitative estimate of drug-likeness (QED) is 0.333. The fourth-order valence-electron chi connectivity index (χ4n) is 3.01. The number of carbonyl (C=O) groups is 2. The number of benzene rings is 3. The van der Waals surface area contributed by atoms with Gasteiger partial charge in [-0.15, -0.1) is 0 Å². The van der Waals surface area contributed by atoms with E-state index in [1.54, 1.807) is 18.2 Å². The van der Waals surface area contributed by atoms with Gasteiger partial charge in [0.25, 0.3) is 5.91 Å². The van der Waals surface area contributed by atoms with Crippen molar-refractivity contribution < 1.29 is 14.3 Å². The van der Waals surface area contributed by atoms with Crippen LogP contribution in [-0.4, -0.2) is 23.5 Å². The van der Waals surface area contributed by atoms with Crippen LogP contribution in [0.5, 0.6) is 5.75 Å². The highest BCUT2D eigenvalue weighted by atomic mass is 79.9. The van der Waals surface area contributed by atoms with E-state index in [0.717, 1.165) is 16.3 Å². The van der Waals surface area contributed by atoms with Gasteiger partial charge in [-0.2, -0.15) is 0 Å². The molecule has 0 aliphatic heterocycles. The van der Waals surface area contributed by atoms with Gasteiger partial charge in [-0.25, -0.2) is 0 Å². The Balaban J connectivity index is 1.51. The van der Waals surface area contributed by atoms with Gasteiger partial charge in [0.05, 0.1) is 17.5 Å². The first-order valence-corrected chi connectivity index (χ1v) is 11.3. The summed E-state index contributed by atoms with van der Waals surface area (Å²) in [5, 5.41) is 4.64. The lowest BCUT2D eigenvalue weighted by atomic mass is 10.0. The molecule has 6 nitrogen and oxygen atoms in total. The molecule has 8 heteroatoms. The number of ether oxygens (including phenoxy) is 1. The predicted octanol–water partition coefficient (Wildman–Crippen LogP) is 4.52. The Labute approximate surface area is 200 Å². The number of hydrogen-bond acceptors (Lipinski definition) is 4. The van der Waals surface area contributed by atoms with Crippen molar-refractivity contribution in [2.24, 2.45) is 5.92 Å². The summed E-state index contributed by atoms with van der Waals surface area (Å²) in [7, 11) is 0. The van der Waals surface area contributed by atoms with Gasteiger partial charge < -0.3 is 4.74 Å². The highest BCUT2D eigenvalue weighted by Gasteiger charge is 2.12. The van der Waals surface area contributed by atoms with E-state index in [0.29, 0.717) is 28.3 Å². The van der Waals surface area contributed by atoms with Crippen LogP contribution in [0.15, 0.2) is 65.1 Å². The second kappa shape index (κ2) is 11.1. The number of carbonyl (C=O) groups excluding carboxylic acids is 2. The number of rotatable bonds is 6. The van der Waals surface area contributed by atoms with Crippen molar-refractivity contribution in [2.75, 3.05) is 6.61 Å². The first kappa shape index (κ1) is 23.7. The number of nitrogens with one attached hydrogen (secondary N) is 3. The lowest BCUT2D eigenvalue weighted by Gasteiger charge is -2.13. The van der Waals surface area contributed by atoms with Crippen molar-refractivity contribution in [1.82, 2.24) is 16.2 Å². The molecule has 0 fully saturated rings. The molecule has 0 saturated heterocycles. The summed E-state index contributed by atoms with van der Waals surface area (Å²) in [6, 6.07) is 18.7. The standard InChI is InChI=1S/C24H24BrN3O3S/c1-15(2)14-31-21-11-10-18(12-20(21)25)23(30)26-24(32)28-27-22(29)13-17-8-5-7-16-6-3-4-9-19(16)17/h3-12,15H,13-14H2,1-2H3,(H,27,29)(H2,26,28,30,32). The summed E-state index contributed by atoms with van der Waals surface area (Å²) in [4.78, 5) is 24.8. The molecular formula is C24H24BrN3O3S. The average Bonchev–Trinajstić information content (AvgIpc) is 2.77. The summed E-state index contributed by atoms with van der Waals surface area (Å²) in [6.45, 7) is 4.70. The van der Waals surface area contributed by atoms with Crippen molar-refractivity contribution in [2.45, 2.75) is 20.3 Å². The lowest BCUT2D eigenvalue weighted by Crippen LogP contribution is -2.48. The van der Waals surface area contributed by atoms with Crippen LogP contribution in [0.25, 0.3) is 10.8 Å². The number of thiocarbonyl (C=S) groups is 1. The third-order valence-corrected chi connectivity index (χ3v) is 5.36. The maximum Gasteiger partial charge on any atom is 0.257 e. The number of fused-ring (bicyclic) bond motifs is 1. The molecule has 3 rings (SSSR count). The number of amides is 2. The fraction of sp³-hybridized carbons (Fsp3) is 0.208. The minimum absolute atomic E-state index is 0.00229. The maximum absolute atomic E-state index is 12.5. The minimum Gasteiger partial charge on any atom is -0.492 e. The zero-order chi connectivity index (χ0) is 23.1. The van der Waals surface area contributed by atoms with Gasteiger partial charge in [0, 0.05) is 5.56 Å². The van der Waals surface area contributed by atoms with Gasteiger partial charge in [0.15, 0.2) is 5.11 Å². The van der Waals surface area contributed by atoms with Gasteiger partial charge in [-0.05, 0) is 68.6 Å². The van der Waals surface area contributed by atoms with Crippen LogP contribution in [-0.2, 0) is 11.2 Å². The third-order valence-electron chi connectivity index (χ3n) is 4.54. The van der Waals surface area contributed by atoms with Gasteiger partial charge in [-0.1, -0.05) is 56.3 Å². The van der Waals surface area contributed by atoms with Crippen molar-refractivity contribution in [1.29, 1.82) is 0 Å². The number of hydrazine groups is 1. The second-order valence-corrected chi connectivity index (χ2v) is 8.88. The molecule has 0 aromatic heterocycles. The maximum atomic E-state index is 12.5. The van der Waals surface area contributed by atoms with Gasteiger partial charge in [0.2, 0.25) is 5.91 Å². The zero-order valence-electron chi connectivity index (χ0n) is 17.8. The molecule has 0 bridgehead atoms. The summed E-state index contributed by atoms with van der Waals surface area (Å²) in [6.07, 6.45) is 0.176. The molecule has 0 atom stereocenters. The molecule has 0 radical (unpaired) electrons. The first-order chi connectivity index (χ1) is 15.3. The summed E-state index contributed by atoms with van der Waals surface area (Å²) in [5.41, 5.74) is 6.41. The smallest absolute Gasteiger partial charge is 0.257 e. The van der Waals surface area contributed by atoms with Gasteiger partial charge >= 0.3 is 0 Å². The number of halogens is 1. The molecule has 0 unspecified atom stereocenters. The SMILES string of the molecule is CC(C)COc1ccc(C(=O)NC(=S)NNC(=O)Cc2cccc3ccccc23)cc1Br. The molecule has 0 heterocycles. The number of hydrogen-bond donors (Lipinski definition) is 3. The highest BCUT2D eigenvalue weighted by Crippen LogP contribution is 2.26. The van der Waals surface area contributed by atoms with Crippen LogP contribution in [0.2, 0.25) is 0 Å². The van der Waals surface area contributed by atoms with E-state index in [2.05, 4.69) is 45.9 Å². The summed E-state index contributed by atoms with van der Waals surface area (Å²) >= 11 is 8.54. The van der Waals surface area contributed by atoms with E-state index in [1.165, 1.54) is 0 Å². The molecule has 0 aliphatic rings. The van der Waals surface area contributed by atoms with Crippen LogP contribution in [0.1, 0.15) is 29.8 Å². The molecule has 0 saturated carbocycles. The van der Waals surface area contributed by atoms with Crippen LogP contribution in [0.4, 0.5) is 0 Å². The Bertz CT molecular complexity index is 1150. The van der Waals surface area contributed by atoms with Crippen molar-refractivity contribution in [3.63, 3.8) is 0 Å². The van der Waals surface area contributed by atoms with E-state index in [9.17, 15) is 9.59 Å². The monoisotopic (exact) mass is 513 g/mol. The largest absolute Gasteiger partial charge is 0.492 e. The van der Waals surface area contributed by atoms with Crippen LogP contribution >= 0.6 is 28.1 Å². The van der Waals surface area contributed by atoms with Crippen molar-refractivity contribution in [3.8, 4) is 5.75 Å². The molecule has 2 amide bonds. The van der Waals surface area contributed by atoms with Crippen molar-refractivity contribution in [3.05, 3.63) is 76.3 Å². The topological polar surface area (TPSA) is 79.5 Å². The third kappa shape index (κ3) is 6.51. The lowest BCUT2D eigenvalue weighted by molar-refractivity contribution is -0.121. The molecule has 0 aliphatic carbocycles. The van der Waals surface area contributed by atoms with Crippen LogP contribution < -0.4 is 20.9 Å². The molecule has 0 spiro atoms. The molecular weight excluding hydrogens is 490 g/mol. The molecule has 32 heavy (non-hydrogen) atoms.